The predicted octanol–water partition coefficient (Wildman–Crippen LogP) is 2.95. The van der Waals surface area contributed by atoms with E-state index in [1.54, 1.807) is 12.1 Å². The van der Waals surface area contributed by atoms with Crippen molar-refractivity contribution in [3.63, 3.8) is 0 Å². The number of ether oxygens (including phenoxy) is 1. The molecule has 6 nitrogen and oxygen atoms in total. The number of urea groups is 1. The molecule has 6 heteroatoms. The second kappa shape index (κ2) is 9.20. The van der Waals surface area contributed by atoms with Crippen LogP contribution in [-0.4, -0.2) is 49.3 Å². The topological polar surface area (TPSA) is 77.4 Å². The molecule has 3 rings (SSSR count). The third-order valence-corrected chi connectivity index (χ3v) is 5.93. The molecule has 2 amide bonds. The van der Waals surface area contributed by atoms with Crippen molar-refractivity contribution in [2.75, 3.05) is 32.8 Å². The minimum atomic E-state index is -0.134. The molecule has 1 aromatic rings. The number of carbonyl (C=O) groups excluding carboxylic acids is 1. The van der Waals surface area contributed by atoms with Crippen LogP contribution in [0.5, 0.6) is 0 Å². The van der Waals surface area contributed by atoms with Gasteiger partial charge in [-0.05, 0) is 37.5 Å². The summed E-state index contributed by atoms with van der Waals surface area (Å²) in [5.41, 5.74) is 1.68. The number of hydrogen-bond acceptors (Lipinski definition) is 4. The van der Waals surface area contributed by atoms with Crippen LogP contribution in [0.15, 0.2) is 24.3 Å². The average molecular weight is 370 g/mol. The quantitative estimate of drug-likeness (QED) is 0.835. The van der Waals surface area contributed by atoms with Crippen LogP contribution in [0.1, 0.15) is 56.2 Å². The maximum atomic E-state index is 12.5. The third-order valence-electron chi connectivity index (χ3n) is 5.93. The summed E-state index contributed by atoms with van der Waals surface area (Å²) >= 11 is 0. The summed E-state index contributed by atoms with van der Waals surface area (Å²) in [7, 11) is 0. The highest BCUT2D eigenvalue weighted by molar-refractivity contribution is 5.74. The second-order valence-electron chi connectivity index (χ2n) is 7.67. The van der Waals surface area contributed by atoms with Gasteiger partial charge in [-0.2, -0.15) is 5.26 Å². The highest BCUT2D eigenvalue weighted by atomic mass is 16.5. The minimum absolute atomic E-state index is 0.0665. The molecule has 1 saturated carbocycles. The van der Waals surface area contributed by atoms with E-state index in [-0.39, 0.29) is 17.6 Å². The summed E-state index contributed by atoms with van der Waals surface area (Å²) in [5, 5.41) is 15.0. The molecule has 2 N–H and O–H groups in total. The number of morpholine rings is 1. The summed E-state index contributed by atoms with van der Waals surface area (Å²) in [5.74, 6) is 0. The van der Waals surface area contributed by atoms with E-state index in [4.69, 9.17) is 10.00 Å². The Morgan fingerprint density at radius 2 is 1.89 bits per heavy atom. The van der Waals surface area contributed by atoms with Crippen LogP contribution in [0.2, 0.25) is 0 Å². The van der Waals surface area contributed by atoms with Gasteiger partial charge in [0.15, 0.2) is 0 Å². The minimum Gasteiger partial charge on any atom is -0.379 e. The van der Waals surface area contributed by atoms with E-state index in [0.717, 1.165) is 44.7 Å². The van der Waals surface area contributed by atoms with Crippen molar-refractivity contribution in [3.05, 3.63) is 35.4 Å². The second-order valence-corrected chi connectivity index (χ2v) is 7.67. The molecule has 0 bridgehead atoms. The largest absolute Gasteiger partial charge is 0.379 e. The molecule has 2 aliphatic rings. The van der Waals surface area contributed by atoms with Crippen LogP contribution in [0.25, 0.3) is 0 Å². The lowest BCUT2D eigenvalue weighted by molar-refractivity contribution is -0.0357. The molecule has 0 aromatic heterocycles. The first kappa shape index (κ1) is 19.7. The van der Waals surface area contributed by atoms with Gasteiger partial charge in [-0.1, -0.05) is 31.4 Å². The first-order valence-electron chi connectivity index (χ1n) is 10.0. The van der Waals surface area contributed by atoms with E-state index in [1.165, 1.54) is 19.3 Å². The summed E-state index contributed by atoms with van der Waals surface area (Å²) in [6.07, 6.45) is 6.01. The van der Waals surface area contributed by atoms with E-state index in [1.807, 2.05) is 19.1 Å². The van der Waals surface area contributed by atoms with Crippen molar-refractivity contribution < 1.29 is 9.53 Å². The first-order valence-corrected chi connectivity index (χ1v) is 10.0. The van der Waals surface area contributed by atoms with Crippen molar-refractivity contribution in [1.29, 1.82) is 5.26 Å². The summed E-state index contributed by atoms with van der Waals surface area (Å²) in [6.45, 7) is 6.10. The van der Waals surface area contributed by atoms with Gasteiger partial charge in [-0.15, -0.1) is 0 Å². The van der Waals surface area contributed by atoms with Crippen LogP contribution >= 0.6 is 0 Å². The number of nitrogens with zero attached hydrogens (tertiary/aromatic N) is 2. The standard InChI is InChI=1S/C21H30N4O2/c1-17(19-7-5-18(15-22)6-8-19)24-20(26)23-16-21(9-3-2-4-10-21)25-11-13-27-14-12-25/h5-8,17H,2-4,9-14,16H2,1H3,(H2,23,24,26). The normalized spacial score (nSPS) is 21.0. The van der Waals surface area contributed by atoms with Crippen LogP contribution in [0, 0.1) is 11.3 Å². The maximum Gasteiger partial charge on any atom is 0.315 e. The van der Waals surface area contributed by atoms with Gasteiger partial charge < -0.3 is 15.4 Å². The zero-order valence-corrected chi connectivity index (χ0v) is 16.2. The number of rotatable bonds is 5. The zero-order valence-electron chi connectivity index (χ0n) is 16.2. The lowest BCUT2D eigenvalue weighted by atomic mass is 9.80. The number of nitrogens with one attached hydrogen (secondary N) is 2. The summed E-state index contributed by atoms with van der Waals surface area (Å²) < 4.78 is 5.52. The Morgan fingerprint density at radius 3 is 2.52 bits per heavy atom. The number of nitriles is 1. The van der Waals surface area contributed by atoms with Crippen molar-refractivity contribution in [1.82, 2.24) is 15.5 Å². The molecule has 146 valence electrons. The summed E-state index contributed by atoms with van der Waals surface area (Å²) in [6, 6.07) is 9.21. The maximum absolute atomic E-state index is 12.5. The smallest absolute Gasteiger partial charge is 0.315 e. The molecule has 1 aliphatic carbocycles. The number of hydrogen-bond donors (Lipinski definition) is 2. The number of carbonyl (C=O) groups is 1. The Balaban J connectivity index is 1.56. The Kier molecular flexibility index (Phi) is 6.70. The van der Waals surface area contributed by atoms with Crippen LogP contribution in [0.3, 0.4) is 0 Å². The van der Waals surface area contributed by atoms with Gasteiger partial charge in [0.2, 0.25) is 0 Å². The molecule has 1 saturated heterocycles. The fourth-order valence-corrected chi connectivity index (χ4v) is 4.27. The Hall–Kier alpha value is -2.10. The van der Waals surface area contributed by atoms with Gasteiger partial charge in [0, 0.05) is 25.2 Å². The number of amides is 2. The van der Waals surface area contributed by atoms with E-state index in [2.05, 4.69) is 21.6 Å². The summed E-state index contributed by atoms with van der Waals surface area (Å²) in [4.78, 5) is 15.0. The monoisotopic (exact) mass is 370 g/mol. The zero-order chi connectivity index (χ0) is 19.1. The van der Waals surface area contributed by atoms with Crippen LogP contribution in [0.4, 0.5) is 4.79 Å². The predicted molar refractivity (Wildman–Crippen MR) is 104 cm³/mol. The molecule has 0 radical (unpaired) electrons. The van der Waals surface area contributed by atoms with Crippen LogP contribution < -0.4 is 10.6 Å². The molecular weight excluding hydrogens is 340 g/mol. The van der Waals surface area contributed by atoms with Gasteiger partial charge in [0.25, 0.3) is 0 Å². The first-order chi connectivity index (χ1) is 13.1. The van der Waals surface area contributed by atoms with Crippen LogP contribution in [-0.2, 0) is 4.74 Å². The van der Waals surface area contributed by atoms with Gasteiger partial charge >= 0.3 is 6.03 Å². The van der Waals surface area contributed by atoms with Crippen molar-refractivity contribution >= 4 is 6.03 Å². The average Bonchev–Trinajstić information content (AvgIpc) is 2.73. The van der Waals surface area contributed by atoms with Crippen molar-refractivity contribution in [2.24, 2.45) is 0 Å². The highest BCUT2D eigenvalue weighted by Gasteiger charge is 2.38. The molecule has 1 atom stereocenters. The van der Waals surface area contributed by atoms with E-state index < -0.39 is 0 Å². The fraction of sp³-hybridized carbons (Fsp3) is 0.619. The molecule has 2 fully saturated rings. The molecule has 1 heterocycles. The molecule has 1 unspecified atom stereocenters. The molecular formula is C21H30N4O2. The molecule has 1 aromatic carbocycles. The van der Waals surface area contributed by atoms with Gasteiger partial charge in [-0.25, -0.2) is 4.79 Å². The van der Waals surface area contributed by atoms with E-state index in [0.29, 0.717) is 12.1 Å². The van der Waals surface area contributed by atoms with E-state index in [9.17, 15) is 4.79 Å². The fourth-order valence-electron chi connectivity index (χ4n) is 4.27. The molecule has 0 spiro atoms. The van der Waals surface area contributed by atoms with Crippen molar-refractivity contribution in [3.8, 4) is 6.07 Å². The molecule has 1 aliphatic heterocycles. The Labute approximate surface area is 161 Å². The Morgan fingerprint density at radius 1 is 1.22 bits per heavy atom. The Bertz CT molecular complexity index is 656. The SMILES string of the molecule is CC(NC(=O)NCC1(N2CCOCC2)CCCCC1)c1ccc(C#N)cc1. The lowest BCUT2D eigenvalue weighted by Crippen LogP contribution is -2.60. The van der Waals surface area contributed by atoms with Gasteiger partial charge in [0.05, 0.1) is 30.9 Å². The highest BCUT2D eigenvalue weighted by Crippen LogP contribution is 2.33. The third kappa shape index (κ3) is 5.00. The lowest BCUT2D eigenvalue weighted by Gasteiger charge is -2.48. The number of benzene rings is 1. The van der Waals surface area contributed by atoms with Gasteiger partial charge in [-0.3, -0.25) is 4.90 Å². The van der Waals surface area contributed by atoms with Gasteiger partial charge in [0.1, 0.15) is 0 Å². The van der Waals surface area contributed by atoms with E-state index >= 15 is 0 Å². The van der Waals surface area contributed by atoms with Crippen molar-refractivity contribution in [2.45, 2.75) is 50.6 Å². The molecule has 27 heavy (non-hydrogen) atoms.